The Labute approximate surface area is 247 Å². The first-order chi connectivity index (χ1) is 14.1. The monoisotopic (exact) mass is 550 g/mol. The first-order valence-electron chi connectivity index (χ1n) is 8.44. The van der Waals surface area contributed by atoms with Crippen LogP contribution >= 0.6 is 0 Å². The van der Waals surface area contributed by atoms with Crippen molar-refractivity contribution in [3.8, 4) is 0 Å². The van der Waals surface area contributed by atoms with Gasteiger partial charge in [-0.1, -0.05) is 6.92 Å². The molecular weight excluding hydrogens is 516 g/mol. The number of carboxylic acid groups (broad SMARTS) is 3. The van der Waals surface area contributed by atoms with Crippen molar-refractivity contribution in [3.63, 3.8) is 0 Å². The van der Waals surface area contributed by atoms with Crippen molar-refractivity contribution in [2.45, 2.75) is 62.2 Å². The van der Waals surface area contributed by atoms with Gasteiger partial charge < -0.3 is 66.4 Å². The van der Waals surface area contributed by atoms with Crippen LogP contribution in [0.5, 0.6) is 0 Å². The maximum absolute atomic E-state index is 10.1. The summed E-state index contributed by atoms with van der Waals surface area (Å²) in [6.45, 7) is -0.0858. The molecule has 16 nitrogen and oxygen atoms in total. The zero-order valence-electron chi connectivity index (χ0n) is 16.3. The summed E-state index contributed by atoms with van der Waals surface area (Å²) in [5.74, 6) is -4.20. The van der Waals surface area contributed by atoms with E-state index in [0.29, 0.717) is 0 Å². The van der Waals surface area contributed by atoms with Crippen LogP contribution in [0.4, 0.5) is 0 Å². The van der Waals surface area contributed by atoms with E-state index in [9.17, 15) is 14.4 Å². The van der Waals surface area contributed by atoms with E-state index >= 15 is 0 Å². The summed E-state index contributed by atoms with van der Waals surface area (Å²) in [6, 6.07) is 0. The third-order valence-electron chi connectivity index (χ3n) is 3.32. The van der Waals surface area contributed by atoms with Gasteiger partial charge in [-0.25, -0.2) is 9.59 Å². The molecule has 0 rings (SSSR count). The molecule has 0 spiro atoms. The molecule has 33 heavy (non-hydrogen) atoms. The van der Waals surface area contributed by atoms with Crippen LogP contribution in [0.1, 0.15) is 13.3 Å². The van der Waals surface area contributed by atoms with Gasteiger partial charge in [0.05, 0.1) is 13.2 Å². The van der Waals surface area contributed by atoms with Crippen LogP contribution in [0, 0.1) is 0 Å². The molecule has 0 radical (unpaired) electrons. The van der Waals surface area contributed by atoms with Crippen LogP contribution in [0.2, 0.25) is 0 Å². The van der Waals surface area contributed by atoms with E-state index in [-0.39, 0.29) is 81.9 Å². The van der Waals surface area contributed by atoms with Gasteiger partial charge in [0.2, 0.25) is 0 Å². The average Bonchev–Trinajstić information content (AvgIpc) is 2.75. The van der Waals surface area contributed by atoms with Gasteiger partial charge >= 0.3 is 93.4 Å². The molecule has 0 aliphatic rings. The van der Waals surface area contributed by atoms with E-state index in [1.807, 2.05) is 0 Å². The van der Waals surface area contributed by atoms with Crippen molar-refractivity contribution in [3.05, 3.63) is 0 Å². The summed E-state index contributed by atoms with van der Waals surface area (Å²) in [5, 5.41) is 111. The maximum atomic E-state index is 10.1. The molecule has 0 aromatic carbocycles. The summed E-state index contributed by atoms with van der Waals surface area (Å²) in [5.41, 5.74) is 0. The van der Waals surface area contributed by atoms with Crippen molar-refractivity contribution in [2.75, 3.05) is 13.2 Å². The zero-order valence-corrected chi connectivity index (χ0v) is 16.3. The molecule has 0 aromatic rings. The minimum atomic E-state index is -2.20. The molecule has 0 fully saturated rings. The fraction of sp³-hybridized carbons (Fsp3) is 0.800. The number of aliphatic hydroxyl groups excluding tert-OH is 10. The SMILES string of the molecule is CCC(=O)O.O=C(O)[C@H](O)[C@@H](O)[C@H](O)[C@H](O)CO.O=C(O)[C@H](O)[C@@H](O)[C@H](O)[C@H](O)CO.[CaH2].[CaH2]. The van der Waals surface area contributed by atoms with Crippen molar-refractivity contribution < 1.29 is 80.8 Å². The van der Waals surface area contributed by atoms with Crippen molar-refractivity contribution >= 4 is 93.4 Å². The first kappa shape index (κ1) is 43.6. The second kappa shape index (κ2) is 24.2. The number of aliphatic hydroxyl groups is 10. The topological polar surface area (TPSA) is 314 Å². The predicted octanol–water partition coefficient (Wildman–Crippen LogP) is -8.34. The van der Waals surface area contributed by atoms with Crippen LogP contribution in [-0.4, -0.2) is 222 Å². The van der Waals surface area contributed by atoms with Gasteiger partial charge in [0, 0.05) is 6.42 Å². The van der Waals surface area contributed by atoms with Crippen molar-refractivity contribution in [1.29, 1.82) is 0 Å². The molecule has 0 amide bonds. The number of hydrogen-bond acceptors (Lipinski definition) is 13. The molecule has 13 N–H and O–H groups in total. The van der Waals surface area contributed by atoms with Crippen LogP contribution in [0.15, 0.2) is 0 Å². The minimum absolute atomic E-state index is 0. The van der Waals surface area contributed by atoms with Crippen LogP contribution in [0.25, 0.3) is 0 Å². The van der Waals surface area contributed by atoms with Gasteiger partial charge in [0.1, 0.15) is 36.6 Å². The molecule has 0 aromatic heterocycles. The van der Waals surface area contributed by atoms with Crippen LogP contribution in [0.3, 0.4) is 0 Å². The van der Waals surface area contributed by atoms with Crippen LogP contribution in [-0.2, 0) is 14.4 Å². The number of carboxylic acids is 3. The van der Waals surface area contributed by atoms with E-state index in [1.165, 1.54) is 0 Å². The van der Waals surface area contributed by atoms with Crippen LogP contribution < -0.4 is 0 Å². The van der Waals surface area contributed by atoms with Gasteiger partial charge in [0.25, 0.3) is 0 Å². The van der Waals surface area contributed by atoms with Gasteiger partial charge in [-0.05, 0) is 0 Å². The Morgan fingerprint density at radius 2 is 0.788 bits per heavy atom. The molecule has 8 atom stereocenters. The Balaban J connectivity index is -0.000000125. The molecule has 0 bridgehead atoms. The molecule has 0 aliphatic carbocycles. The Hall–Kier alpha value is 0.529. The van der Waals surface area contributed by atoms with Gasteiger partial charge in [0.15, 0.2) is 12.2 Å². The second-order valence-corrected chi connectivity index (χ2v) is 5.78. The fourth-order valence-electron chi connectivity index (χ4n) is 1.34. The molecule has 0 saturated heterocycles. The Kier molecular flexibility index (Phi) is 32.0. The first-order valence-corrected chi connectivity index (χ1v) is 8.44. The van der Waals surface area contributed by atoms with E-state index in [1.54, 1.807) is 6.92 Å². The number of aliphatic carboxylic acids is 3. The standard InChI is InChI=1S/2C6H12O7.C3H6O2.2Ca.4H/c2*7-1-2(8)3(9)4(10)5(11)6(12)13;1-2-3(4)5;;;;;;/h2*2-5,7-11H,1H2,(H,12,13);2H2,1H3,(H,4,5);;;;;;/t2*2-,3-,4+,5-;;;;;;;/m11......./s1. The van der Waals surface area contributed by atoms with Crippen molar-refractivity contribution in [1.82, 2.24) is 0 Å². The van der Waals surface area contributed by atoms with Gasteiger partial charge in [-0.2, -0.15) is 0 Å². The second-order valence-electron chi connectivity index (χ2n) is 5.78. The molecule has 0 heterocycles. The number of hydrogen-bond donors (Lipinski definition) is 13. The zero-order chi connectivity index (χ0) is 25.5. The van der Waals surface area contributed by atoms with E-state index in [4.69, 9.17) is 66.4 Å². The predicted molar refractivity (Wildman–Crippen MR) is 113 cm³/mol. The summed E-state index contributed by atoms with van der Waals surface area (Å²) in [4.78, 5) is 29.5. The summed E-state index contributed by atoms with van der Waals surface area (Å²) >= 11 is 0. The van der Waals surface area contributed by atoms with Gasteiger partial charge in [-0.15, -0.1) is 0 Å². The quantitative estimate of drug-likeness (QED) is 0.106. The third kappa shape index (κ3) is 20.4. The molecule has 0 aliphatic heterocycles. The average molecular weight is 551 g/mol. The summed E-state index contributed by atoms with van der Waals surface area (Å²) in [6.07, 6.45) is -15.5. The summed E-state index contributed by atoms with van der Waals surface area (Å²) < 4.78 is 0. The van der Waals surface area contributed by atoms with Crippen molar-refractivity contribution in [2.24, 2.45) is 0 Å². The van der Waals surface area contributed by atoms with Gasteiger partial charge in [-0.3, -0.25) is 4.79 Å². The van der Waals surface area contributed by atoms with E-state index in [2.05, 4.69) is 0 Å². The molecule has 0 unspecified atom stereocenters. The van der Waals surface area contributed by atoms with E-state index < -0.39 is 80.0 Å². The molecular formula is C15H34Ca2O16. The van der Waals surface area contributed by atoms with E-state index in [0.717, 1.165) is 0 Å². The Bertz CT molecular complexity index is 486. The number of rotatable bonds is 11. The molecule has 194 valence electrons. The molecule has 0 saturated carbocycles. The Morgan fingerprint density at radius 3 is 0.909 bits per heavy atom. The fourth-order valence-corrected chi connectivity index (χ4v) is 1.34. The molecule has 18 heteroatoms. The third-order valence-corrected chi connectivity index (χ3v) is 3.32. The normalized spacial score (nSPS) is 17.2. The number of carbonyl (C=O) groups is 3. The summed E-state index contributed by atoms with van der Waals surface area (Å²) in [7, 11) is 0. The Morgan fingerprint density at radius 1 is 0.576 bits per heavy atom.